The van der Waals surface area contributed by atoms with Crippen LogP contribution in [-0.2, 0) is 11.2 Å². The third-order valence-electron chi connectivity index (χ3n) is 4.60. The first-order chi connectivity index (χ1) is 10.8. The van der Waals surface area contributed by atoms with Crippen LogP contribution in [0.2, 0.25) is 0 Å². The number of benzene rings is 1. The fourth-order valence-corrected chi connectivity index (χ4v) is 3.40. The van der Waals surface area contributed by atoms with E-state index in [2.05, 4.69) is 29.8 Å². The number of Topliss-reactive ketones (excluding diaryl/α,β-unsaturated/α-hetero) is 1. The minimum atomic E-state index is -0.569. The van der Waals surface area contributed by atoms with Gasteiger partial charge in [-0.25, -0.2) is 0 Å². The monoisotopic (exact) mass is 379 g/mol. The lowest BCUT2D eigenvalue weighted by Gasteiger charge is -2.32. The SMILES string of the molecule is CCC(CC)C(=O)N1CCCc2cc(C(=O)C(C)(C)Br)ccc21. The summed E-state index contributed by atoms with van der Waals surface area (Å²) < 4.78 is -0.569. The van der Waals surface area contributed by atoms with Crippen LogP contribution in [0.15, 0.2) is 18.2 Å². The zero-order valence-corrected chi connectivity index (χ0v) is 16.1. The van der Waals surface area contributed by atoms with E-state index in [1.54, 1.807) is 0 Å². The van der Waals surface area contributed by atoms with Crippen LogP contribution in [0.1, 0.15) is 62.9 Å². The molecule has 1 aromatic rings. The molecule has 0 radical (unpaired) electrons. The number of carbonyl (C=O) groups excluding carboxylic acids is 2. The molecule has 0 unspecified atom stereocenters. The van der Waals surface area contributed by atoms with Crippen molar-refractivity contribution in [1.82, 2.24) is 0 Å². The predicted molar refractivity (Wildman–Crippen MR) is 98.5 cm³/mol. The lowest BCUT2D eigenvalue weighted by molar-refractivity contribution is -0.122. The molecule has 1 aromatic carbocycles. The number of carbonyl (C=O) groups is 2. The molecule has 0 bridgehead atoms. The second-order valence-corrected chi connectivity index (χ2v) is 8.73. The Labute approximate surface area is 147 Å². The summed E-state index contributed by atoms with van der Waals surface area (Å²) in [5, 5.41) is 0. The molecule has 0 aromatic heterocycles. The van der Waals surface area contributed by atoms with Crippen LogP contribution in [0, 0.1) is 5.92 Å². The van der Waals surface area contributed by atoms with Gasteiger partial charge in [-0.1, -0.05) is 29.8 Å². The molecule has 3 nitrogen and oxygen atoms in total. The van der Waals surface area contributed by atoms with E-state index in [1.165, 1.54) is 0 Å². The van der Waals surface area contributed by atoms with Gasteiger partial charge >= 0.3 is 0 Å². The number of hydrogen-bond donors (Lipinski definition) is 0. The lowest BCUT2D eigenvalue weighted by atomic mass is 9.93. The molecule has 0 saturated heterocycles. The maximum absolute atomic E-state index is 12.8. The fourth-order valence-electron chi connectivity index (χ4n) is 3.17. The van der Waals surface area contributed by atoms with Crippen molar-refractivity contribution in [3.8, 4) is 0 Å². The number of rotatable bonds is 5. The Morgan fingerprint density at radius 3 is 2.48 bits per heavy atom. The van der Waals surface area contributed by atoms with Gasteiger partial charge in [-0.2, -0.15) is 0 Å². The van der Waals surface area contributed by atoms with E-state index < -0.39 is 4.32 Å². The lowest BCUT2D eigenvalue weighted by Crippen LogP contribution is -2.39. The summed E-state index contributed by atoms with van der Waals surface area (Å²) in [6.45, 7) is 8.63. The Kier molecular flexibility index (Phi) is 5.66. The number of alkyl halides is 1. The van der Waals surface area contributed by atoms with Gasteiger partial charge in [-0.15, -0.1) is 0 Å². The highest BCUT2D eigenvalue weighted by Crippen LogP contribution is 2.32. The quantitative estimate of drug-likeness (QED) is 0.546. The summed E-state index contributed by atoms with van der Waals surface area (Å²) in [6, 6.07) is 5.76. The van der Waals surface area contributed by atoms with E-state index in [0.29, 0.717) is 5.56 Å². The van der Waals surface area contributed by atoms with Crippen molar-refractivity contribution in [2.75, 3.05) is 11.4 Å². The summed E-state index contributed by atoms with van der Waals surface area (Å²) in [6.07, 6.45) is 3.62. The van der Waals surface area contributed by atoms with Gasteiger partial charge in [-0.05, 0) is 63.3 Å². The van der Waals surface area contributed by atoms with Crippen LogP contribution in [0.5, 0.6) is 0 Å². The molecule has 2 rings (SSSR count). The molecule has 23 heavy (non-hydrogen) atoms. The zero-order valence-electron chi connectivity index (χ0n) is 14.5. The highest BCUT2D eigenvalue weighted by molar-refractivity contribution is 9.10. The molecule has 4 heteroatoms. The smallest absolute Gasteiger partial charge is 0.230 e. The van der Waals surface area contributed by atoms with Crippen molar-refractivity contribution >= 4 is 33.3 Å². The number of nitrogens with zero attached hydrogens (tertiary/aromatic N) is 1. The summed E-state index contributed by atoms with van der Waals surface area (Å²) in [4.78, 5) is 27.1. The first-order valence-electron chi connectivity index (χ1n) is 8.47. The maximum atomic E-state index is 12.8. The van der Waals surface area contributed by atoms with Crippen LogP contribution >= 0.6 is 15.9 Å². The van der Waals surface area contributed by atoms with Crippen molar-refractivity contribution in [3.63, 3.8) is 0 Å². The topological polar surface area (TPSA) is 37.4 Å². The fraction of sp³-hybridized carbons (Fsp3) is 0.579. The molecule has 0 aliphatic carbocycles. The third kappa shape index (κ3) is 3.85. The summed E-state index contributed by atoms with van der Waals surface area (Å²) >= 11 is 3.44. The molecular formula is C19H26BrNO2. The molecule has 0 atom stereocenters. The van der Waals surface area contributed by atoms with Crippen LogP contribution in [-0.4, -0.2) is 22.6 Å². The van der Waals surface area contributed by atoms with E-state index in [-0.39, 0.29) is 17.6 Å². The molecule has 0 fully saturated rings. The van der Waals surface area contributed by atoms with Gasteiger partial charge < -0.3 is 4.90 Å². The zero-order chi connectivity index (χ0) is 17.2. The van der Waals surface area contributed by atoms with Gasteiger partial charge in [0.2, 0.25) is 5.91 Å². The number of anilines is 1. The average Bonchev–Trinajstić information content (AvgIpc) is 2.53. The van der Waals surface area contributed by atoms with Crippen molar-refractivity contribution in [2.24, 2.45) is 5.92 Å². The van der Waals surface area contributed by atoms with Crippen LogP contribution in [0.4, 0.5) is 5.69 Å². The van der Waals surface area contributed by atoms with E-state index in [1.807, 2.05) is 36.9 Å². The van der Waals surface area contributed by atoms with Gasteiger partial charge in [0.15, 0.2) is 5.78 Å². The molecule has 1 aliphatic heterocycles. The normalized spacial score (nSPS) is 14.8. The molecular weight excluding hydrogens is 354 g/mol. The number of hydrogen-bond acceptors (Lipinski definition) is 2. The second-order valence-electron chi connectivity index (χ2n) is 6.75. The van der Waals surface area contributed by atoms with Gasteiger partial charge in [0.1, 0.15) is 0 Å². The van der Waals surface area contributed by atoms with E-state index in [9.17, 15) is 9.59 Å². The van der Waals surface area contributed by atoms with Crippen molar-refractivity contribution in [3.05, 3.63) is 29.3 Å². The van der Waals surface area contributed by atoms with Gasteiger partial charge in [0.25, 0.3) is 0 Å². The Hall–Kier alpha value is -1.16. The van der Waals surface area contributed by atoms with Crippen LogP contribution in [0.25, 0.3) is 0 Å². The molecule has 1 amide bonds. The Bertz CT molecular complexity index is 600. The van der Waals surface area contributed by atoms with Crippen molar-refractivity contribution < 1.29 is 9.59 Å². The number of ketones is 1. The summed E-state index contributed by atoms with van der Waals surface area (Å²) in [5.41, 5.74) is 2.80. The van der Waals surface area contributed by atoms with E-state index in [4.69, 9.17) is 0 Å². The summed E-state index contributed by atoms with van der Waals surface area (Å²) in [7, 11) is 0. The summed E-state index contributed by atoms with van der Waals surface area (Å²) in [5.74, 6) is 0.378. The van der Waals surface area contributed by atoms with E-state index >= 15 is 0 Å². The number of aryl methyl sites for hydroxylation is 1. The minimum Gasteiger partial charge on any atom is -0.312 e. The van der Waals surface area contributed by atoms with Gasteiger partial charge in [0.05, 0.1) is 4.32 Å². The Morgan fingerprint density at radius 2 is 1.91 bits per heavy atom. The largest absolute Gasteiger partial charge is 0.312 e. The van der Waals surface area contributed by atoms with Crippen LogP contribution < -0.4 is 4.90 Å². The Morgan fingerprint density at radius 1 is 1.26 bits per heavy atom. The predicted octanol–water partition coefficient (Wildman–Crippen LogP) is 4.76. The molecule has 0 spiro atoms. The molecule has 1 aliphatic rings. The van der Waals surface area contributed by atoms with Crippen LogP contribution in [0.3, 0.4) is 0 Å². The molecule has 126 valence electrons. The molecule has 0 N–H and O–H groups in total. The molecule has 1 heterocycles. The second kappa shape index (κ2) is 7.16. The first-order valence-corrected chi connectivity index (χ1v) is 9.26. The standard InChI is InChI=1S/C19H26BrNO2/c1-5-13(6-2)18(23)21-11-7-8-14-12-15(9-10-16(14)21)17(22)19(3,4)20/h9-10,12-13H,5-8,11H2,1-4H3. The van der Waals surface area contributed by atoms with E-state index in [0.717, 1.165) is 43.5 Å². The van der Waals surface area contributed by atoms with Gasteiger partial charge in [0, 0.05) is 23.7 Å². The highest BCUT2D eigenvalue weighted by Gasteiger charge is 2.29. The Balaban J connectivity index is 2.34. The van der Waals surface area contributed by atoms with Crippen molar-refractivity contribution in [2.45, 2.75) is 57.7 Å². The third-order valence-corrected chi connectivity index (χ3v) is 4.96. The number of fused-ring (bicyclic) bond motifs is 1. The average molecular weight is 380 g/mol. The molecule has 0 saturated carbocycles. The highest BCUT2D eigenvalue weighted by atomic mass is 79.9. The first kappa shape index (κ1) is 18.2. The maximum Gasteiger partial charge on any atom is 0.230 e. The van der Waals surface area contributed by atoms with Crippen molar-refractivity contribution in [1.29, 1.82) is 0 Å². The van der Waals surface area contributed by atoms with Gasteiger partial charge in [-0.3, -0.25) is 9.59 Å². The number of halogens is 1. The number of amides is 1. The minimum absolute atomic E-state index is 0.0729.